The largest absolute Gasteiger partial charge is 0.489 e. The zero-order chi connectivity index (χ0) is 18.4. The monoisotopic (exact) mass is 345 g/mol. The van der Waals surface area contributed by atoms with Crippen molar-refractivity contribution >= 4 is 17.5 Å². The van der Waals surface area contributed by atoms with Crippen LogP contribution in [-0.2, 0) is 9.59 Å². The molecule has 2 aromatic rings. The highest BCUT2D eigenvalue weighted by molar-refractivity contribution is 6.39. The van der Waals surface area contributed by atoms with Crippen molar-refractivity contribution < 1.29 is 18.7 Å². The third-order valence-electron chi connectivity index (χ3n) is 3.29. The zero-order valence-electron chi connectivity index (χ0n) is 14.2. The van der Waals surface area contributed by atoms with E-state index < -0.39 is 23.7 Å². The molecule has 0 aliphatic carbocycles. The van der Waals surface area contributed by atoms with Gasteiger partial charge in [0.25, 0.3) is 0 Å². The summed E-state index contributed by atoms with van der Waals surface area (Å²) in [5.74, 6) is -2.00. The predicted molar refractivity (Wildman–Crippen MR) is 91.6 cm³/mol. The average Bonchev–Trinajstić information content (AvgIpc) is 2.57. The molecule has 0 unspecified atom stereocenters. The highest BCUT2D eigenvalue weighted by Crippen LogP contribution is 2.26. The van der Waals surface area contributed by atoms with Crippen molar-refractivity contribution in [2.24, 2.45) is 0 Å². The molecule has 0 fully saturated rings. The highest BCUT2D eigenvalue weighted by Gasteiger charge is 2.19. The van der Waals surface area contributed by atoms with Gasteiger partial charge in [-0.1, -0.05) is 6.07 Å². The van der Waals surface area contributed by atoms with Crippen molar-refractivity contribution in [1.29, 1.82) is 0 Å². The molecule has 0 aliphatic heterocycles. The minimum absolute atomic E-state index is 0.0999. The van der Waals surface area contributed by atoms with Gasteiger partial charge < -0.3 is 15.4 Å². The lowest BCUT2D eigenvalue weighted by Crippen LogP contribution is -2.37. The van der Waals surface area contributed by atoms with Gasteiger partial charge in [-0.05, 0) is 44.5 Å². The number of hydrogen-bond donors (Lipinski definition) is 2. The number of pyridine rings is 1. The van der Waals surface area contributed by atoms with Crippen LogP contribution in [0.3, 0.4) is 0 Å². The van der Waals surface area contributed by atoms with E-state index in [1.54, 1.807) is 45.3 Å². The lowest BCUT2D eigenvalue weighted by Gasteiger charge is -2.16. The van der Waals surface area contributed by atoms with Crippen LogP contribution in [0.2, 0.25) is 0 Å². The second-order valence-electron chi connectivity index (χ2n) is 5.74. The van der Waals surface area contributed by atoms with Gasteiger partial charge in [0, 0.05) is 18.5 Å². The van der Waals surface area contributed by atoms with Crippen molar-refractivity contribution in [3.05, 3.63) is 54.1 Å². The number of ether oxygens (including phenoxy) is 1. The van der Waals surface area contributed by atoms with Crippen molar-refractivity contribution in [1.82, 2.24) is 10.3 Å². The summed E-state index contributed by atoms with van der Waals surface area (Å²) in [4.78, 5) is 28.1. The van der Waals surface area contributed by atoms with E-state index in [2.05, 4.69) is 15.6 Å². The molecule has 0 bridgehead atoms. The van der Waals surface area contributed by atoms with Gasteiger partial charge in [-0.15, -0.1) is 0 Å². The van der Waals surface area contributed by atoms with E-state index in [4.69, 9.17) is 4.74 Å². The Hall–Kier alpha value is -2.96. The number of halogens is 1. The van der Waals surface area contributed by atoms with Crippen LogP contribution in [-0.4, -0.2) is 22.9 Å². The number of rotatable bonds is 5. The van der Waals surface area contributed by atoms with Crippen molar-refractivity contribution in [3.8, 4) is 5.75 Å². The molecular weight excluding hydrogens is 325 g/mol. The number of amides is 2. The Kier molecular flexibility index (Phi) is 6.05. The topological polar surface area (TPSA) is 80.3 Å². The minimum atomic E-state index is -0.907. The number of aromatic nitrogens is 1. The molecule has 2 N–H and O–H groups in total. The van der Waals surface area contributed by atoms with Gasteiger partial charge in [0.2, 0.25) is 0 Å². The quantitative estimate of drug-likeness (QED) is 0.817. The fourth-order valence-electron chi connectivity index (χ4n) is 2.11. The van der Waals surface area contributed by atoms with Gasteiger partial charge in [0.1, 0.15) is 11.6 Å². The molecule has 25 heavy (non-hydrogen) atoms. The number of nitrogens with zero attached hydrogens (tertiary/aromatic N) is 1. The average molecular weight is 345 g/mol. The Morgan fingerprint density at radius 1 is 1.16 bits per heavy atom. The number of hydrogen-bond acceptors (Lipinski definition) is 4. The van der Waals surface area contributed by atoms with Crippen LogP contribution < -0.4 is 15.4 Å². The second-order valence-corrected chi connectivity index (χ2v) is 5.74. The predicted octanol–water partition coefficient (Wildman–Crippen LogP) is 2.82. The van der Waals surface area contributed by atoms with Gasteiger partial charge in [0.05, 0.1) is 17.8 Å². The smallest absolute Gasteiger partial charge is 0.313 e. The molecule has 2 amide bonds. The van der Waals surface area contributed by atoms with Crippen LogP contribution in [0.1, 0.15) is 32.4 Å². The molecular formula is C18H20FN3O3. The molecule has 0 spiro atoms. The normalized spacial score (nSPS) is 11.7. The minimum Gasteiger partial charge on any atom is -0.489 e. The first-order chi connectivity index (χ1) is 11.9. The van der Waals surface area contributed by atoms with E-state index in [0.29, 0.717) is 0 Å². The molecule has 0 saturated carbocycles. The maximum atomic E-state index is 13.5. The third kappa shape index (κ3) is 5.27. The molecule has 0 radical (unpaired) electrons. The summed E-state index contributed by atoms with van der Waals surface area (Å²) in [5, 5.41) is 4.95. The Bertz CT molecular complexity index is 750. The van der Waals surface area contributed by atoms with Gasteiger partial charge in [-0.3, -0.25) is 14.6 Å². The van der Waals surface area contributed by atoms with Crippen LogP contribution in [0.25, 0.3) is 0 Å². The van der Waals surface area contributed by atoms with E-state index in [-0.39, 0.29) is 17.5 Å². The summed E-state index contributed by atoms with van der Waals surface area (Å²) in [6.45, 7) is 5.34. The number of benzene rings is 1. The third-order valence-corrected chi connectivity index (χ3v) is 3.29. The first kappa shape index (κ1) is 18.4. The summed E-state index contributed by atoms with van der Waals surface area (Å²) < 4.78 is 19.0. The molecule has 0 aliphatic rings. The van der Waals surface area contributed by atoms with Gasteiger partial charge in [-0.2, -0.15) is 0 Å². The van der Waals surface area contributed by atoms with Crippen molar-refractivity contribution in [2.75, 3.05) is 5.32 Å². The molecule has 6 nitrogen and oxygen atoms in total. The summed E-state index contributed by atoms with van der Waals surface area (Å²) in [7, 11) is 0. The van der Waals surface area contributed by atoms with E-state index in [1.165, 1.54) is 12.1 Å². The van der Waals surface area contributed by atoms with Gasteiger partial charge in [0.15, 0.2) is 0 Å². The number of nitrogens with one attached hydrogen (secondary N) is 2. The second kappa shape index (κ2) is 8.23. The maximum Gasteiger partial charge on any atom is 0.313 e. The van der Waals surface area contributed by atoms with Crippen LogP contribution in [0, 0.1) is 5.82 Å². The number of carbonyl (C=O) groups excluding carboxylic acids is 2. The van der Waals surface area contributed by atoms with Crippen LogP contribution in [0.5, 0.6) is 5.75 Å². The number of anilines is 1. The first-order valence-corrected chi connectivity index (χ1v) is 7.84. The van der Waals surface area contributed by atoms with Crippen LogP contribution in [0.4, 0.5) is 10.1 Å². The van der Waals surface area contributed by atoms with E-state index in [0.717, 1.165) is 11.6 Å². The van der Waals surface area contributed by atoms with Crippen LogP contribution >= 0.6 is 0 Å². The van der Waals surface area contributed by atoms with Crippen molar-refractivity contribution in [2.45, 2.75) is 32.9 Å². The molecule has 132 valence electrons. The lowest BCUT2D eigenvalue weighted by atomic mass is 10.1. The maximum absolute atomic E-state index is 13.5. The summed E-state index contributed by atoms with van der Waals surface area (Å²) in [5.41, 5.74) is 0.862. The SMILES string of the molecule is CC(C)Oc1ccc(F)cc1NC(=O)C(=O)N[C@H](C)c1cccnc1. The molecule has 1 heterocycles. The lowest BCUT2D eigenvalue weighted by molar-refractivity contribution is -0.136. The fourth-order valence-corrected chi connectivity index (χ4v) is 2.11. The Balaban J connectivity index is 2.06. The zero-order valence-corrected chi connectivity index (χ0v) is 14.2. The van der Waals surface area contributed by atoms with E-state index in [9.17, 15) is 14.0 Å². The van der Waals surface area contributed by atoms with Crippen molar-refractivity contribution in [3.63, 3.8) is 0 Å². The molecule has 0 saturated heterocycles. The molecule has 7 heteroatoms. The summed E-state index contributed by atoms with van der Waals surface area (Å²) in [6.07, 6.45) is 3.05. The molecule has 2 rings (SSSR count). The van der Waals surface area contributed by atoms with E-state index >= 15 is 0 Å². The van der Waals surface area contributed by atoms with Gasteiger partial charge >= 0.3 is 11.8 Å². The Morgan fingerprint density at radius 2 is 1.92 bits per heavy atom. The molecule has 1 aromatic carbocycles. The Morgan fingerprint density at radius 3 is 2.56 bits per heavy atom. The number of carbonyl (C=O) groups is 2. The van der Waals surface area contributed by atoms with E-state index in [1.807, 2.05) is 0 Å². The molecule has 1 atom stereocenters. The Labute approximate surface area is 145 Å². The summed E-state index contributed by atoms with van der Waals surface area (Å²) >= 11 is 0. The fraction of sp³-hybridized carbons (Fsp3) is 0.278. The van der Waals surface area contributed by atoms with Crippen LogP contribution in [0.15, 0.2) is 42.7 Å². The summed E-state index contributed by atoms with van der Waals surface area (Å²) in [6, 6.07) is 6.86. The first-order valence-electron chi connectivity index (χ1n) is 7.84. The highest BCUT2D eigenvalue weighted by atomic mass is 19.1. The van der Waals surface area contributed by atoms with Gasteiger partial charge in [-0.25, -0.2) is 4.39 Å². The molecule has 1 aromatic heterocycles. The standard InChI is InChI=1S/C18H20FN3O3/c1-11(2)25-16-7-6-14(19)9-15(16)22-18(24)17(23)21-12(3)13-5-4-8-20-10-13/h4-12H,1-3H3,(H,21,23)(H,22,24)/t12-/m1/s1.